The number of nitrogens with two attached hydrogens (primary N) is 1. The monoisotopic (exact) mass is 240 g/mol. The summed E-state index contributed by atoms with van der Waals surface area (Å²) in [6.45, 7) is 1.97. The van der Waals surface area contributed by atoms with E-state index >= 15 is 0 Å². The van der Waals surface area contributed by atoms with E-state index < -0.39 is 0 Å². The summed E-state index contributed by atoms with van der Waals surface area (Å²) in [7, 11) is 0. The van der Waals surface area contributed by atoms with Gasteiger partial charge in [0.25, 0.3) is 0 Å². The smallest absolute Gasteiger partial charge is 0.178 e. The van der Waals surface area contributed by atoms with E-state index in [1.807, 2.05) is 13.0 Å². The maximum atomic E-state index is 9.86. The van der Waals surface area contributed by atoms with Gasteiger partial charge in [0.2, 0.25) is 0 Å². The molecule has 3 rings (SSSR count). The summed E-state index contributed by atoms with van der Waals surface area (Å²) < 4.78 is 0. The Morgan fingerprint density at radius 2 is 2.11 bits per heavy atom. The first-order valence-corrected chi connectivity index (χ1v) is 5.55. The number of anilines is 1. The molecule has 0 saturated heterocycles. The molecule has 90 valence electrons. The van der Waals surface area contributed by atoms with Gasteiger partial charge in [-0.1, -0.05) is 0 Å². The van der Waals surface area contributed by atoms with Crippen LogP contribution in [-0.2, 0) is 0 Å². The number of phenolic OH excluding ortho intramolecular Hbond substituents is 1. The number of fused-ring (bicyclic) bond motifs is 1. The van der Waals surface area contributed by atoms with E-state index in [2.05, 4.69) is 15.0 Å². The molecular formula is C13H12N4O. The summed E-state index contributed by atoms with van der Waals surface area (Å²) in [6.07, 6.45) is 1.76. The number of imidazole rings is 1. The number of nitrogens with one attached hydrogen (secondary N) is 1. The van der Waals surface area contributed by atoms with Gasteiger partial charge in [-0.05, 0) is 30.7 Å². The van der Waals surface area contributed by atoms with E-state index in [1.165, 1.54) is 6.07 Å². The molecule has 0 aliphatic heterocycles. The van der Waals surface area contributed by atoms with Crippen LogP contribution in [0.3, 0.4) is 0 Å². The summed E-state index contributed by atoms with van der Waals surface area (Å²) in [5.41, 5.74) is 9.26. The van der Waals surface area contributed by atoms with E-state index in [9.17, 15) is 5.11 Å². The molecule has 0 bridgehead atoms. The van der Waals surface area contributed by atoms with E-state index in [1.54, 1.807) is 18.3 Å². The number of hydrogen-bond acceptors (Lipinski definition) is 4. The van der Waals surface area contributed by atoms with Gasteiger partial charge in [-0.25, -0.2) is 9.97 Å². The predicted molar refractivity (Wildman–Crippen MR) is 70.1 cm³/mol. The van der Waals surface area contributed by atoms with Crippen LogP contribution in [0.15, 0.2) is 30.5 Å². The molecule has 0 fully saturated rings. The molecule has 0 aliphatic rings. The summed E-state index contributed by atoms with van der Waals surface area (Å²) in [4.78, 5) is 11.7. The number of nitrogen functional groups attached to an aromatic ring is 1. The molecule has 5 nitrogen and oxygen atoms in total. The zero-order valence-electron chi connectivity index (χ0n) is 9.81. The van der Waals surface area contributed by atoms with Gasteiger partial charge in [0.05, 0.1) is 11.1 Å². The second kappa shape index (κ2) is 3.73. The Labute approximate surface area is 103 Å². The minimum Gasteiger partial charge on any atom is -0.507 e. The number of aryl methyl sites for hydroxylation is 1. The third kappa shape index (κ3) is 1.66. The van der Waals surface area contributed by atoms with Crippen LogP contribution in [-0.4, -0.2) is 20.1 Å². The van der Waals surface area contributed by atoms with Crippen LogP contribution in [0.5, 0.6) is 5.75 Å². The Bertz CT molecular complexity index is 733. The van der Waals surface area contributed by atoms with Crippen LogP contribution in [0.1, 0.15) is 5.56 Å². The predicted octanol–water partition coefficient (Wildman–Crippen LogP) is 2.22. The summed E-state index contributed by atoms with van der Waals surface area (Å²) in [5.74, 6) is 0.686. The number of aromatic nitrogens is 3. The molecule has 0 amide bonds. The molecule has 5 heteroatoms. The lowest BCUT2D eigenvalue weighted by Gasteiger charge is -2.01. The molecule has 1 aromatic carbocycles. The Balaban J connectivity index is 2.19. The fourth-order valence-electron chi connectivity index (χ4n) is 1.88. The molecule has 2 heterocycles. The van der Waals surface area contributed by atoms with Gasteiger partial charge in [0.15, 0.2) is 5.65 Å². The number of aromatic amines is 1. The minimum atomic E-state index is 0.103. The number of nitrogens with zero attached hydrogens (tertiary/aromatic N) is 2. The first-order valence-electron chi connectivity index (χ1n) is 5.55. The van der Waals surface area contributed by atoms with E-state index in [0.29, 0.717) is 22.7 Å². The van der Waals surface area contributed by atoms with Crippen molar-refractivity contribution >= 4 is 16.9 Å². The van der Waals surface area contributed by atoms with E-state index in [-0.39, 0.29) is 5.75 Å². The minimum absolute atomic E-state index is 0.103. The molecule has 0 unspecified atom stereocenters. The van der Waals surface area contributed by atoms with Crippen LogP contribution in [0.2, 0.25) is 0 Å². The molecular weight excluding hydrogens is 228 g/mol. The highest BCUT2D eigenvalue weighted by Crippen LogP contribution is 2.29. The summed E-state index contributed by atoms with van der Waals surface area (Å²) in [5, 5.41) is 9.86. The molecule has 0 saturated carbocycles. The summed E-state index contributed by atoms with van der Waals surface area (Å²) in [6, 6.07) is 6.92. The quantitative estimate of drug-likeness (QED) is 0.569. The molecule has 18 heavy (non-hydrogen) atoms. The molecule has 2 aromatic heterocycles. The lowest BCUT2D eigenvalue weighted by molar-refractivity contribution is 0.477. The SMILES string of the molecule is Cc1cnc2nc(-c3ccc(N)cc3O)[nH]c2c1. The first-order chi connectivity index (χ1) is 8.63. The van der Waals surface area contributed by atoms with Crippen LogP contribution in [0, 0.1) is 6.92 Å². The average Bonchev–Trinajstić information content (AvgIpc) is 2.71. The average molecular weight is 240 g/mol. The maximum Gasteiger partial charge on any atom is 0.178 e. The van der Waals surface area contributed by atoms with Gasteiger partial charge >= 0.3 is 0 Å². The molecule has 4 N–H and O–H groups in total. The number of phenols is 1. The maximum absolute atomic E-state index is 9.86. The zero-order chi connectivity index (χ0) is 12.7. The second-order valence-electron chi connectivity index (χ2n) is 4.25. The number of rotatable bonds is 1. The van der Waals surface area contributed by atoms with Crippen molar-refractivity contribution in [1.29, 1.82) is 0 Å². The standard InChI is InChI=1S/C13H12N4O/c1-7-4-10-13(15-6-7)17-12(16-10)9-3-2-8(14)5-11(9)18/h2-6,18H,14H2,1H3,(H,15,16,17). The Morgan fingerprint density at radius 1 is 1.28 bits per heavy atom. The van der Waals surface area contributed by atoms with Gasteiger partial charge in [0.1, 0.15) is 11.6 Å². The molecule has 0 atom stereocenters. The third-order valence-corrected chi connectivity index (χ3v) is 2.75. The lowest BCUT2D eigenvalue weighted by atomic mass is 10.2. The highest BCUT2D eigenvalue weighted by molar-refractivity contribution is 5.78. The van der Waals surface area contributed by atoms with E-state index in [0.717, 1.165) is 11.1 Å². The topological polar surface area (TPSA) is 87.8 Å². The second-order valence-corrected chi connectivity index (χ2v) is 4.25. The Morgan fingerprint density at radius 3 is 2.89 bits per heavy atom. The Kier molecular flexibility index (Phi) is 2.19. The van der Waals surface area contributed by atoms with Gasteiger partial charge in [0, 0.05) is 18.0 Å². The number of aromatic hydroxyl groups is 1. The van der Waals surface area contributed by atoms with Gasteiger partial charge in [-0.3, -0.25) is 0 Å². The van der Waals surface area contributed by atoms with E-state index in [4.69, 9.17) is 5.73 Å². The number of hydrogen-bond donors (Lipinski definition) is 3. The largest absolute Gasteiger partial charge is 0.507 e. The highest BCUT2D eigenvalue weighted by Gasteiger charge is 2.10. The highest BCUT2D eigenvalue weighted by atomic mass is 16.3. The van der Waals surface area contributed by atoms with Crippen molar-refractivity contribution in [2.45, 2.75) is 6.92 Å². The van der Waals surface area contributed by atoms with Gasteiger partial charge < -0.3 is 15.8 Å². The van der Waals surface area contributed by atoms with Crippen LogP contribution in [0.4, 0.5) is 5.69 Å². The first kappa shape index (κ1) is 10.6. The Hall–Kier alpha value is -2.56. The summed E-state index contributed by atoms with van der Waals surface area (Å²) >= 11 is 0. The van der Waals surface area contributed by atoms with Crippen molar-refractivity contribution in [3.8, 4) is 17.1 Å². The molecule has 3 aromatic rings. The van der Waals surface area contributed by atoms with Crippen LogP contribution in [0.25, 0.3) is 22.6 Å². The van der Waals surface area contributed by atoms with Crippen molar-refractivity contribution in [3.05, 3.63) is 36.0 Å². The van der Waals surface area contributed by atoms with Crippen molar-refractivity contribution in [2.24, 2.45) is 0 Å². The van der Waals surface area contributed by atoms with Crippen molar-refractivity contribution in [3.63, 3.8) is 0 Å². The fraction of sp³-hybridized carbons (Fsp3) is 0.0769. The molecule has 0 spiro atoms. The van der Waals surface area contributed by atoms with Crippen molar-refractivity contribution in [2.75, 3.05) is 5.73 Å². The normalized spacial score (nSPS) is 10.9. The van der Waals surface area contributed by atoms with Crippen molar-refractivity contribution in [1.82, 2.24) is 15.0 Å². The number of pyridine rings is 1. The van der Waals surface area contributed by atoms with Gasteiger partial charge in [-0.2, -0.15) is 0 Å². The zero-order valence-corrected chi connectivity index (χ0v) is 9.81. The molecule has 0 aliphatic carbocycles. The van der Waals surface area contributed by atoms with Crippen LogP contribution >= 0.6 is 0 Å². The number of benzene rings is 1. The fourth-order valence-corrected chi connectivity index (χ4v) is 1.88. The lowest BCUT2D eigenvalue weighted by Crippen LogP contribution is -1.86. The van der Waals surface area contributed by atoms with Crippen molar-refractivity contribution < 1.29 is 5.11 Å². The third-order valence-electron chi connectivity index (χ3n) is 2.75. The van der Waals surface area contributed by atoms with Crippen LogP contribution < -0.4 is 5.73 Å². The molecule has 0 radical (unpaired) electrons. The number of H-pyrrole nitrogens is 1. The van der Waals surface area contributed by atoms with Gasteiger partial charge in [-0.15, -0.1) is 0 Å².